The maximum Gasteiger partial charge on any atom is 0.222 e. The van der Waals surface area contributed by atoms with Gasteiger partial charge >= 0.3 is 0 Å². The number of aldehydes is 1. The van der Waals surface area contributed by atoms with Crippen molar-refractivity contribution in [3.05, 3.63) is 35.4 Å². The average molecular weight is 219 g/mol. The molecule has 3 nitrogen and oxygen atoms in total. The van der Waals surface area contributed by atoms with Gasteiger partial charge in [0, 0.05) is 18.9 Å². The van der Waals surface area contributed by atoms with Crippen LogP contribution >= 0.6 is 0 Å². The summed E-state index contributed by atoms with van der Waals surface area (Å²) < 4.78 is 0. The highest BCUT2D eigenvalue weighted by Crippen LogP contribution is 2.05. The predicted octanol–water partition coefficient (Wildman–Crippen LogP) is 1.70. The van der Waals surface area contributed by atoms with E-state index in [0.29, 0.717) is 13.0 Å². The quantitative estimate of drug-likeness (QED) is 0.766. The molecule has 0 spiro atoms. The van der Waals surface area contributed by atoms with Crippen LogP contribution in [0, 0.1) is 5.92 Å². The molecule has 0 aliphatic heterocycles. The zero-order valence-electron chi connectivity index (χ0n) is 9.69. The number of amides is 1. The first-order valence-corrected chi connectivity index (χ1v) is 5.42. The highest BCUT2D eigenvalue weighted by Gasteiger charge is 2.05. The van der Waals surface area contributed by atoms with Crippen molar-refractivity contribution >= 4 is 12.2 Å². The molecule has 0 bridgehead atoms. The Hall–Kier alpha value is -1.64. The predicted molar refractivity (Wildman–Crippen MR) is 62.9 cm³/mol. The van der Waals surface area contributed by atoms with Gasteiger partial charge in [-0.05, 0) is 11.1 Å². The summed E-state index contributed by atoms with van der Waals surface area (Å²) in [6, 6.07) is 7.68. The Morgan fingerprint density at radius 2 is 2.06 bits per heavy atom. The Labute approximate surface area is 95.9 Å². The van der Waals surface area contributed by atoms with Crippen LogP contribution in [0.5, 0.6) is 0 Å². The minimum absolute atomic E-state index is 0.00171. The number of hydrogen-bond donors (Lipinski definition) is 1. The third-order valence-corrected chi connectivity index (χ3v) is 2.30. The molecule has 86 valence electrons. The van der Waals surface area contributed by atoms with Crippen LogP contribution in [0.3, 0.4) is 0 Å². The Kier molecular flexibility index (Phi) is 4.70. The van der Waals surface area contributed by atoms with E-state index >= 15 is 0 Å². The van der Waals surface area contributed by atoms with E-state index in [0.717, 1.165) is 17.4 Å². The molecule has 0 radical (unpaired) electrons. The summed E-state index contributed by atoms with van der Waals surface area (Å²) in [5.74, 6) is 0.0407. The second kappa shape index (κ2) is 6.05. The third kappa shape index (κ3) is 3.85. The van der Waals surface area contributed by atoms with Crippen LogP contribution in [0.2, 0.25) is 0 Å². The molecule has 0 aliphatic rings. The van der Waals surface area contributed by atoms with E-state index in [9.17, 15) is 9.59 Å². The highest BCUT2D eigenvalue weighted by molar-refractivity contribution is 5.77. The molecule has 0 aliphatic carbocycles. The van der Waals surface area contributed by atoms with Gasteiger partial charge in [-0.2, -0.15) is 0 Å². The number of hydrogen-bond acceptors (Lipinski definition) is 2. The molecule has 1 amide bonds. The zero-order chi connectivity index (χ0) is 12.0. The molecule has 0 heterocycles. The Morgan fingerprint density at radius 1 is 1.38 bits per heavy atom. The van der Waals surface area contributed by atoms with Crippen molar-refractivity contribution in [2.75, 3.05) is 0 Å². The lowest BCUT2D eigenvalue weighted by Crippen LogP contribution is -2.27. The summed E-state index contributed by atoms with van der Waals surface area (Å²) in [4.78, 5) is 21.7. The minimum Gasteiger partial charge on any atom is -0.352 e. The molecule has 1 rings (SSSR count). The van der Waals surface area contributed by atoms with Gasteiger partial charge < -0.3 is 10.1 Å². The summed E-state index contributed by atoms with van der Waals surface area (Å²) in [5, 5.41) is 2.84. The van der Waals surface area contributed by atoms with Gasteiger partial charge in [-0.3, -0.25) is 4.79 Å². The summed E-state index contributed by atoms with van der Waals surface area (Å²) in [6.07, 6.45) is 1.30. The smallest absolute Gasteiger partial charge is 0.222 e. The van der Waals surface area contributed by atoms with E-state index in [-0.39, 0.29) is 11.8 Å². The lowest BCUT2D eigenvalue weighted by molar-refractivity contribution is -0.124. The molecule has 0 atom stereocenters. The second-order valence-electron chi connectivity index (χ2n) is 4.06. The highest BCUT2D eigenvalue weighted by atomic mass is 16.1. The number of rotatable bonds is 5. The van der Waals surface area contributed by atoms with E-state index in [2.05, 4.69) is 5.32 Å². The van der Waals surface area contributed by atoms with Gasteiger partial charge in [0.05, 0.1) is 0 Å². The van der Waals surface area contributed by atoms with Gasteiger partial charge in [-0.1, -0.05) is 38.1 Å². The van der Waals surface area contributed by atoms with Crippen molar-refractivity contribution in [3.63, 3.8) is 0 Å². The fourth-order valence-corrected chi connectivity index (χ4v) is 1.36. The van der Waals surface area contributed by atoms with Crippen molar-refractivity contribution in [3.8, 4) is 0 Å². The molecule has 3 heteroatoms. The number of carbonyl (C=O) groups excluding carboxylic acids is 2. The molecule has 0 unspecified atom stereocenters. The second-order valence-corrected chi connectivity index (χ2v) is 4.06. The topological polar surface area (TPSA) is 46.2 Å². The molecule has 16 heavy (non-hydrogen) atoms. The monoisotopic (exact) mass is 219 g/mol. The lowest BCUT2D eigenvalue weighted by atomic mass is 10.1. The summed E-state index contributed by atoms with van der Waals surface area (Å²) in [5.41, 5.74) is 2.00. The van der Waals surface area contributed by atoms with Gasteiger partial charge in [0.1, 0.15) is 6.29 Å². The normalized spacial score (nSPS) is 10.2. The standard InChI is InChI=1S/C13H17NO2/c1-10(2)13(16)14-9-12-5-3-4-11(8-12)6-7-15/h3-5,7-8,10H,6,9H2,1-2H3,(H,14,16). The van der Waals surface area contributed by atoms with Crippen molar-refractivity contribution in [1.29, 1.82) is 0 Å². The molecule has 1 aromatic rings. The van der Waals surface area contributed by atoms with Crippen LogP contribution in [0.1, 0.15) is 25.0 Å². The van der Waals surface area contributed by atoms with Crippen LogP contribution in [0.4, 0.5) is 0 Å². The Balaban J connectivity index is 2.57. The maximum absolute atomic E-state index is 11.4. The molecule has 0 saturated heterocycles. The van der Waals surface area contributed by atoms with Gasteiger partial charge in [0.25, 0.3) is 0 Å². The minimum atomic E-state index is -0.00171. The van der Waals surface area contributed by atoms with Gasteiger partial charge in [0.2, 0.25) is 5.91 Å². The molecule has 1 N–H and O–H groups in total. The summed E-state index contributed by atoms with van der Waals surface area (Å²) >= 11 is 0. The molecule has 0 fully saturated rings. The molecule has 0 aromatic heterocycles. The number of nitrogens with one attached hydrogen (secondary N) is 1. The molecule has 0 saturated carbocycles. The van der Waals surface area contributed by atoms with E-state index in [1.54, 1.807) is 0 Å². The molecule has 1 aromatic carbocycles. The van der Waals surface area contributed by atoms with Crippen LogP contribution in [0.25, 0.3) is 0 Å². The first kappa shape index (κ1) is 12.4. The van der Waals surface area contributed by atoms with Gasteiger partial charge in [-0.25, -0.2) is 0 Å². The van der Waals surface area contributed by atoms with Crippen molar-refractivity contribution in [2.45, 2.75) is 26.8 Å². The summed E-state index contributed by atoms with van der Waals surface area (Å²) in [6.45, 7) is 4.24. The van der Waals surface area contributed by atoms with Crippen LogP contribution in [-0.2, 0) is 22.6 Å². The van der Waals surface area contributed by atoms with E-state index in [1.807, 2.05) is 38.1 Å². The molecular weight excluding hydrogens is 202 g/mol. The Bertz CT molecular complexity index is 372. The Morgan fingerprint density at radius 3 is 2.69 bits per heavy atom. The SMILES string of the molecule is CC(C)C(=O)NCc1cccc(CC=O)c1. The first-order valence-electron chi connectivity index (χ1n) is 5.42. The van der Waals surface area contributed by atoms with E-state index in [1.165, 1.54) is 0 Å². The zero-order valence-corrected chi connectivity index (χ0v) is 9.69. The molecular formula is C13H17NO2. The first-order chi connectivity index (χ1) is 7.63. The maximum atomic E-state index is 11.4. The number of carbonyl (C=O) groups is 2. The van der Waals surface area contributed by atoms with Gasteiger partial charge in [-0.15, -0.1) is 0 Å². The van der Waals surface area contributed by atoms with Crippen LogP contribution in [-0.4, -0.2) is 12.2 Å². The van der Waals surface area contributed by atoms with Crippen LogP contribution < -0.4 is 5.32 Å². The average Bonchev–Trinajstić information content (AvgIpc) is 2.26. The number of benzene rings is 1. The summed E-state index contributed by atoms with van der Waals surface area (Å²) in [7, 11) is 0. The van der Waals surface area contributed by atoms with Crippen molar-refractivity contribution in [1.82, 2.24) is 5.32 Å². The fourth-order valence-electron chi connectivity index (χ4n) is 1.36. The van der Waals surface area contributed by atoms with E-state index in [4.69, 9.17) is 0 Å². The van der Waals surface area contributed by atoms with Crippen molar-refractivity contribution in [2.24, 2.45) is 5.92 Å². The fraction of sp³-hybridized carbons (Fsp3) is 0.385. The van der Waals surface area contributed by atoms with Gasteiger partial charge in [0.15, 0.2) is 0 Å². The lowest BCUT2D eigenvalue weighted by Gasteiger charge is -2.08. The van der Waals surface area contributed by atoms with Crippen molar-refractivity contribution < 1.29 is 9.59 Å². The van der Waals surface area contributed by atoms with E-state index < -0.39 is 0 Å². The largest absolute Gasteiger partial charge is 0.352 e. The third-order valence-electron chi connectivity index (χ3n) is 2.30. The van der Waals surface area contributed by atoms with Crippen LogP contribution in [0.15, 0.2) is 24.3 Å².